The van der Waals surface area contributed by atoms with Gasteiger partial charge in [0.05, 0.1) is 16.8 Å². The number of rotatable bonds is 5. The van der Waals surface area contributed by atoms with Crippen molar-refractivity contribution in [3.63, 3.8) is 0 Å². The number of amides is 1. The van der Waals surface area contributed by atoms with E-state index in [0.717, 1.165) is 11.3 Å². The fourth-order valence-electron chi connectivity index (χ4n) is 3.37. The fourth-order valence-corrected chi connectivity index (χ4v) is 3.37. The molecule has 0 spiro atoms. The van der Waals surface area contributed by atoms with E-state index in [1.165, 1.54) is 18.3 Å². The minimum absolute atomic E-state index is 0.0132. The highest BCUT2D eigenvalue weighted by molar-refractivity contribution is 5.84. The summed E-state index contributed by atoms with van der Waals surface area (Å²) in [4.78, 5) is 23.0. The van der Waals surface area contributed by atoms with Crippen molar-refractivity contribution in [1.82, 2.24) is 9.99 Å². The van der Waals surface area contributed by atoms with Gasteiger partial charge in [-0.2, -0.15) is 5.10 Å². The Hall–Kier alpha value is -4.14. The normalized spacial score (nSPS) is 15.4. The summed E-state index contributed by atoms with van der Waals surface area (Å²) in [5.41, 5.74) is 4.94. The molecule has 0 fully saturated rings. The number of benzene rings is 2. The van der Waals surface area contributed by atoms with Crippen LogP contribution >= 0.6 is 0 Å². The largest absolute Gasteiger partial charge is 0.485 e. The maximum Gasteiger partial charge on any atom is 0.284 e. The quantitative estimate of drug-likeness (QED) is 0.361. The first-order chi connectivity index (χ1) is 15.7. The van der Waals surface area contributed by atoms with Gasteiger partial charge in [-0.05, 0) is 47.4 Å². The van der Waals surface area contributed by atoms with E-state index in [2.05, 4.69) is 31.3 Å². The number of nitrogens with zero attached hydrogens (tertiary/aromatic N) is 3. The molecule has 0 bridgehead atoms. The van der Waals surface area contributed by atoms with E-state index in [9.17, 15) is 14.9 Å². The number of hydrogen-bond acceptors (Lipinski definition) is 6. The van der Waals surface area contributed by atoms with Crippen LogP contribution in [0.1, 0.15) is 32.0 Å². The smallest absolute Gasteiger partial charge is 0.284 e. The monoisotopic (exact) mass is 448 g/mol. The molecule has 1 aromatic heterocycles. The second kappa shape index (κ2) is 8.78. The van der Waals surface area contributed by atoms with E-state index >= 15 is 0 Å². The first kappa shape index (κ1) is 22.1. The number of hydrogen-bond donors (Lipinski definition) is 1. The zero-order valence-electron chi connectivity index (χ0n) is 18.5. The molecule has 4 rings (SSSR count). The molecule has 0 saturated heterocycles. The lowest BCUT2D eigenvalue weighted by Gasteiger charge is -2.27. The molecule has 0 unspecified atom stereocenters. The van der Waals surface area contributed by atoms with Crippen LogP contribution in [0.25, 0.3) is 5.69 Å². The van der Waals surface area contributed by atoms with Crippen molar-refractivity contribution in [2.45, 2.75) is 32.3 Å². The zero-order chi connectivity index (χ0) is 23.6. The van der Waals surface area contributed by atoms with Crippen molar-refractivity contribution in [3.05, 3.63) is 82.2 Å². The summed E-state index contributed by atoms with van der Waals surface area (Å²) in [7, 11) is 0. The maximum absolute atomic E-state index is 12.6. The van der Waals surface area contributed by atoms with Crippen LogP contribution in [0, 0.1) is 10.1 Å². The number of nitro groups is 1. The van der Waals surface area contributed by atoms with Crippen molar-refractivity contribution in [1.29, 1.82) is 0 Å². The first-order valence-corrected chi connectivity index (χ1v) is 10.4. The Kier molecular flexibility index (Phi) is 5.87. The summed E-state index contributed by atoms with van der Waals surface area (Å²) in [5, 5.41) is 14.9. The van der Waals surface area contributed by atoms with Gasteiger partial charge in [-0.3, -0.25) is 14.9 Å². The topological polar surface area (TPSA) is 108 Å². The number of carbonyl (C=O) groups excluding carboxylic acids is 1. The van der Waals surface area contributed by atoms with Crippen molar-refractivity contribution in [2.75, 3.05) is 6.61 Å². The number of nitrogens with one attached hydrogen (secondary N) is 1. The van der Waals surface area contributed by atoms with Gasteiger partial charge in [0.25, 0.3) is 11.6 Å². The third-order valence-corrected chi connectivity index (χ3v) is 5.25. The molecule has 0 aliphatic carbocycles. The molecule has 1 aliphatic rings. The van der Waals surface area contributed by atoms with Crippen LogP contribution in [0.3, 0.4) is 0 Å². The average Bonchev–Trinajstić information content (AvgIpc) is 3.26. The van der Waals surface area contributed by atoms with Gasteiger partial charge in [0, 0.05) is 24.0 Å². The lowest BCUT2D eigenvalue weighted by Crippen LogP contribution is -2.42. The molecule has 9 heteroatoms. The van der Waals surface area contributed by atoms with Crippen LogP contribution in [-0.2, 0) is 10.2 Å². The SMILES string of the molecule is CC(C)(C)c1ccc2c(c1)O[C@H](C(=O)NN=Cc1cccn1-c1ccc([N+](=O)[O-])cc1)CO2. The van der Waals surface area contributed by atoms with Crippen LogP contribution in [0.15, 0.2) is 65.9 Å². The lowest BCUT2D eigenvalue weighted by atomic mass is 9.87. The summed E-state index contributed by atoms with van der Waals surface area (Å²) in [6, 6.07) is 15.5. The summed E-state index contributed by atoms with van der Waals surface area (Å²) < 4.78 is 13.4. The molecular weight excluding hydrogens is 424 g/mol. The predicted octanol–water partition coefficient (Wildman–Crippen LogP) is 3.97. The van der Waals surface area contributed by atoms with Crippen LogP contribution in [-0.4, -0.2) is 34.3 Å². The molecule has 0 radical (unpaired) electrons. The molecule has 1 aliphatic heterocycles. The van der Waals surface area contributed by atoms with E-state index in [1.807, 2.05) is 30.3 Å². The van der Waals surface area contributed by atoms with Crippen molar-refractivity contribution < 1.29 is 19.2 Å². The van der Waals surface area contributed by atoms with Gasteiger partial charge < -0.3 is 14.0 Å². The van der Waals surface area contributed by atoms with Gasteiger partial charge in [0.1, 0.15) is 6.61 Å². The van der Waals surface area contributed by atoms with E-state index in [-0.39, 0.29) is 17.7 Å². The van der Waals surface area contributed by atoms with Gasteiger partial charge in [-0.25, -0.2) is 5.43 Å². The van der Waals surface area contributed by atoms with Crippen LogP contribution in [0.4, 0.5) is 5.69 Å². The number of ether oxygens (including phenoxy) is 2. The molecule has 3 aromatic rings. The minimum atomic E-state index is -0.827. The Morgan fingerprint density at radius 3 is 2.64 bits per heavy atom. The third-order valence-electron chi connectivity index (χ3n) is 5.25. The lowest BCUT2D eigenvalue weighted by molar-refractivity contribution is -0.384. The Labute approximate surface area is 190 Å². The van der Waals surface area contributed by atoms with Crippen LogP contribution < -0.4 is 14.9 Å². The Morgan fingerprint density at radius 2 is 1.94 bits per heavy atom. The van der Waals surface area contributed by atoms with E-state index in [4.69, 9.17) is 9.47 Å². The number of aromatic nitrogens is 1. The van der Waals surface area contributed by atoms with Crippen LogP contribution in [0.5, 0.6) is 11.5 Å². The second-order valence-corrected chi connectivity index (χ2v) is 8.64. The van der Waals surface area contributed by atoms with Crippen molar-refractivity contribution in [2.24, 2.45) is 5.10 Å². The summed E-state index contributed by atoms with van der Waals surface area (Å²) in [6.45, 7) is 6.39. The molecule has 0 saturated carbocycles. The Bertz CT molecular complexity index is 1210. The van der Waals surface area contributed by atoms with E-state index in [1.54, 1.807) is 22.9 Å². The molecule has 170 valence electrons. The van der Waals surface area contributed by atoms with Crippen molar-refractivity contribution in [3.8, 4) is 17.2 Å². The predicted molar refractivity (Wildman–Crippen MR) is 123 cm³/mol. The Morgan fingerprint density at radius 1 is 1.18 bits per heavy atom. The number of non-ortho nitro benzene ring substituents is 1. The van der Waals surface area contributed by atoms with Gasteiger partial charge >= 0.3 is 0 Å². The second-order valence-electron chi connectivity index (χ2n) is 8.64. The highest BCUT2D eigenvalue weighted by Gasteiger charge is 2.28. The highest BCUT2D eigenvalue weighted by atomic mass is 16.6. The third kappa shape index (κ3) is 4.87. The van der Waals surface area contributed by atoms with Gasteiger partial charge in [0.15, 0.2) is 11.5 Å². The molecular formula is C24H24N4O5. The molecule has 1 amide bonds. The Balaban J connectivity index is 1.42. The number of fused-ring (bicyclic) bond motifs is 1. The molecule has 1 atom stereocenters. The molecule has 1 N–H and O–H groups in total. The standard InChI is InChI=1S/C24H24N4O5/c1-24(2,3)16-6-11-20-21(13-16)33-22(15-32-20)23(29)26-25-14-19-5-4-12-27(19)17-7-9-18(10-8-17)28(30)31/h4-14,22H,15H2,1-3H3,(H,26,29)/t22-/m0/s1. The molecule has 33 heavy (non-hydrogen) atoms. The number of hydrazone groups is 1. The van der Waals surface area contributed by atoms with Crippen LogP contribution in [0.2, 0.25) is 0 Å². The van der Waals surface area contributed by atoms with Crippen molar-refractivity contribution >= 4 is 17.8 Å². The number of nitro benzene ring substituents is 1. The number of carbonyl (C=O) groups is 1. The summed E-state index contributed by atoms with van der Waals surface area (Å²) in [6.07, 6.45) is 2.47. The van der Waals surface area contributed by atoms with Gasteiger partial charge in [-0.1, -0.05) is 26.8 Å². The molecule has 2 aromatic carbocycles. The average molecular weight is 448 g/mol. The van der Waals surface area contributed by atoms with E-state index < -0.39 is 16.9 Å². The van der Waals surface area contributed by atoms with E-state index in [0.29, 0.717) is 17.2 Å². The zero-order valence-corrected chi connectivity index (χ0v) is 18.5. The fraction of sp³-hybridized carbons (Fsp3) is 0.250. The summed E-state index contributed by atoms with van der Waals surface area (Å²) >= 11 is 0. The molecule has 9 nitrogen and oxygen atoms in total. The maximum atomic E-state index is 12.6. The molecule has 2 heterocycles. The minimum Gasteiger partial charge on any atom is -0.485 e. The summed E-state index contributed by atoms with van der Waals surface area (Å²) in [5.74, 6) is 0.716. The first-order valence-electron chi connectivity index (χ1n) is 10.4. The van der Waals surface area contributed by atoms with Gasteiger partial charge in [0.2, 0.25) is 6.10 Å². The highest BCUT2D eigenvalue weighted by Crippen LogP contribution is 2.36. The van der Waals surface area contributed by atoms with Gasteiger partial charge in [-0.15, -0.1) is 0 Å².